The van der Waals surface area contributed by atoms with Crippen LogP contribution in [0.1, 0.15) is 13.3 Å². The average Bonchev–Trinajstić information content (AvgIpc) is 1.66. The third kappa shape index (κ3) is 11.8. The van der Waals surface area contributed by atoms with Gasteiger partial charge in [0.1, 0.15) is 0 Å². The Kier molecular flexibility index (Phi) is 11.4. The number of nitrogens with one attached hydrogen (secondary N) is 1. The summed E-state index contributed by atoms with van der Waals surface area (Å²) in [5.74, 6) is -0.793. The standard InChI is InChI=1S/C5H11NO2.Na.H/c1-2-3-6-4-5(7)8;;/h6H,2-4H2,1H3,(H,7,8);;. The molecule has 0 saturated heterocycles. The summed E-state index contributed by atoms with van der Waals surface area (Å²) in [6.45, 7) is 2.86. The summed E-state index contributed by atoms with van der Waals surface area (Å²) in [6.07, 6.45) is 0.979. The van der Waals surface area contributed by atoms with Gasteiger partial charge in [0.05, 0.1) is 6.54 Å². The first-order valence-electron chi connectivity index (χ1n) is 2.70. The second kappa shape index (κ2) is 8.43. The van der Waals surface area contributed by atoms with Gasteiger partial charge in [0, 0.05) is 0 Å². The summed E-state index contributed by atoms with van der Waals surface area (Å²) in [6, 6.07) is 0. The molecule has 0 spiro atoms. The number of carbonyl (C=O) groups is 1. The van der Waals surface area contributed by atoms with Crippen LogP contribution in [0.15, 0.2) is 0 Å². The van der Waals surface area contributed by atoms with Crippen LogP contribution in [0, 0.1) is 0 Å². The van der Waals surface area contributed by atoms with Crippen LogP contribution in [0.25, 0.3) is 0 Å². The molecule has 0 amide bonds. The minimum atomic E-state index is -0.793. The third-order valence-electron chi connectivity index (χ3n) is 0.703. The predicted molar refractivity (Wildman–Crippen MR) is 37.9 cm³/mol. The molecule has 9 heavy (non-hydrogen) atoms. The number of rotatable bonds is 4. The normalized spacial score (nSPS) is 8.11. The number of hydrogen-bond donors (Lipinski definition) is 2. The first-order chi connectivity index (χ1) is 3.77. The molecule has 0 heterocycles. The Bertz CT molecular complexity index is 77.4. The van der Waals surface area contributed by atoms with Gasteiger partial charge in [-0.05, 0) is 13.0 Å². The van der Waals surface area contributed by atoms with Crippen molar-refractivity contribution in [3.05, 3.63) is 0 Å². The van der Waals surface area contributed by atoms with Gasteiger partial charge < -0.3 is 10.4 Å². The third-order valence-corrected chi connectivity index (χ3v) is 0.703. The molecule has 0 aliphatic heterocycles. The first kappa shape index (κ1) is 12.1. The molecule has 0 aromatic heterocycles. The van der Waals surface area contributed by atoms with E-state index in [2.05, 4.69) is 5.32 Å². The summed E-state index contributed by atoms with van der Waals surface area (Å²) < 4.78 is 0. The van der Waals surface area contributed by atoms with E-state index >= 15 is 0 Å². The van der Waals surface area contributed by atoms with Gasteiger partial charge >= 0.3 is 35.5 Å². The van der Waals surface area contributed by atoms with Crippen LogP contribution in [0.2, 0.25) is 0 Å². The zero-order chi connectivity index (χ0) is 6.41. The monoisotopic (exact) mass is 141 g/mol. The summed E-state index contributed by atoms with van der Waals surface area (Å²) in [5, 5.41) is 10.8. The van der Waals surface area contributed by atoms with E-state index in [4.69, 9.17) is 5.11 Å². The van der Waals surface area contributed by atoms with E-state index in [1.165, 1.54) is 0 Å². The maximum absolute atomic E-state index is 9.81. The Balaban J connectivity index is 0. The number of hydrogen-bond acceptors (Lipinski definition) is 2. The molecule has 0 aliphatic carbocycles. The molecule has 0 saturated carbocycles. The number of carboxylic acid groups (broad SMARTS) is 1. The van der Waals surface area contributed by atoms with Gasteiger partial charge in [-0.15, -0.1) is 0 Å². The van der Waals surface area contributed by atoms with Crippen molar-refractivity contribution in [3.8, 4) is 0 Å². The number of carboxylic acids is 1. The van der Waals surface area contributed by atoms with E-state index in [9.17, 15) is 4.79 Å². The average molecular weight is 141 g/mol. The summed E-state index contributed by atoms with van der Waals surface area (Å²) in [5.41, 5.74) is 0. The molecule has 0 aliphatic rings. The summed E-state index contributed by atoms with van der Waals surface area (Å²) in [7, 11) is 0. The maximum atomic E-state index is 9.81. The molecular weight excluding hydrogens is 129 g/mol. The molecular formula is C5H12NNaO2. The molecule has 0 aromatic carbocycles. The Hall–Kier alpha value is 0.430. The van der Waals surface area contributed by atoms with Crippen molar-refractivity contribution in [2.24, 2.45) is 0 Å². The van der Waals surface area contributed by atoms with Crippen molar-refractivity contribution in [3.63, 3.8) is 0 Å². The molecule has 0 rings (SSSR count). The number of aliphatic carboxylic acids is 1. The Labute approximate surface area is 77.1 Å². The van der Waals surface area contributed by atoms with Crippen molar-refractivity contribution in [1.29, 1.82) is 0 Å². The van der Waals surface area contributed by atoms with Crippen LogP contribution in [-0.2, 0) is 4.79 Å². The summed E-state index contributed by atoms with van der Waals surface area (Å²) >= 11 is 0. The molecule has 3 nitrogen and oxygen atoms in total. The molecule has 0 unspecified atom stereocenters. The van der Waals surface area contributed by atoms with E-state index in [1.807, 2.05) is 6.92 Å². The van der Waals surface area contributed by atoms with Gasteiger partial charge in [0.25, 0.3) is 0 Å². The quantitative estimate of drug-likeness (QED) is 0.407. The molecule has 0 radical (unpaired) electrons. The molecule has 4 heteroatoms. The van der Waals surface area contributed by atoms with Crippen molar-refractivity contribution in [2.75, 3.05) is 13.1 Å². The molecule has 0 bridgehead atoms. The Morgan fingerprint density at radius 2 is 2.22 bits per heavy atom. The predicted octanol–water partition coefficient (Wildman–Crippen LogP) is -0.578. The van der Waals surface area contributed by atoms with Gasteiger partial charge in [-0.2, -0.15) is 0 Å². The molecule has 50 valence electrons. The Morgan fingerprint density at radius 1 is 1.67 bits per heavy atom. The van der Waals surface area contributed by atoms with Gasteiger partial charge in [0.15, 0.2) is 0 Å². The van der Waals surface area contributed by atoms with Crippen LogP contribution in [0.3, 0.4) is 0 Å². The zero-order valence-electron chi connectivity index (χ0n) is 4.98. The van der Waals surface area contributed by atoms with E-state index in [0.717, 1.165) is 13.0 Å². The second-order valence-electron chi connectivity index (χ2n) is 1.57. The van der Waals surface area contributed by atoms with Gasteiger partial charge in [-0.1, -0.05) is 6.92 Å². The van der Waals surface area contributed by atoms with Gasteiger partial charge in [-0.3, -0.25) is 4.79 Å². The van der Waals surface area contributed by atoms with Crippen molar-refractivity contribution < 1.29 is 9.90 Å². The van der Waals surface area contributed by atoms with E-state index in [1.54, 1.807) is 0 Å². The fourth-order valence-corrected chi connectivity index (χ4v) is 0.372. The van der Waals surface area contributed by atoms with Crippen molar-refractivity contribution in [1.82, 2.24) is 5.32 Å². The van der Waals surface area contributed by atoms with Crippen molar-refractivity contribution >= 4 is 35.5 Å². The fraction of sp³-hybridized carbons (Fsp3) is 0.800. The van der Waals surface area contributed by atoms with Gasteiger partial charge in [-0.25, -0.2) is 0 Å². The molecule has 2 N–H and O–H groups in total. The minimum absolute atomic E-state index is 0. The van der Waals surface area contributed by atoms with E-state index < -0.39 is 5.97 Å². The molecule has 0 fully saturated rings. The van der Waals surface area contributed by atoms with E-state index in [0.29, 0.717) is 0 Å². The van der Waals surface area contributed by atoms with Crippen LogP contribution < -0.4 is 5.32 Å². The zero-order valence-corrected chi connectivity index (χ0v) is 4.98. The van der Waals surface area contributed by atoms with Crippen LogP contribution in [-0.4, -0.2) is 53.7 Å². The topological polar surface area (TPSA) is 49.3 Å². The van der Waals surface area contributed by atoms with E-state index in [-0.39, 0.29) is 36.1 Å². The Morgan fingerprint density at radius 3 is 2.56 bits per heavy atom. The second-order valence-corrected chi connectivity index (χ2v) is 1.57. The first-order valence-corrected chi connectivity index (χ1v) is 2.70. The van der Waals surface area contributed by atoms with Crippen LogP contribution >= 0.6 is 0 Å². The SMILES string of the molecule is CCCNCC(=O)O.[NaH]. The molecule has 0 aromatic rings. The summed E-state index contributed by atoms with van der Waals surface area (Å²) in [4.78, 5) is 9.81. The molecule has 0 atom stereocenters. The van der Waals surface area contributed by atoms with Crippen LogP contribution in [0.4, 0.5) is 0 Å². The fourth-order valence-electron chi connectivity index (χ4n) is 0.372. The van der Waals surface area contributed by atoms with Gasteiger partial charge in [0.2, 0.25) is 0 Å². The van der Waals surface area contributed by atoms with Crippen molar-refractivity contribution in [2.45, 2.75) is 13.3 Å². The van der Waals surface area contributed by atoms with Crippen LogP contribution in [0.5, 0.6) is 0 Å².